The highest BCUT2D eigenvalue weighted by Crippen LogP contribution is 2.32. The lowest BCUT2D eigenvalue weighted by Gasteiger charge is -2.11. The first-order valence-corrected chi connectivity index (χ1v) is 7.23. The van der Waals surface area contributed by atoms with Gasteiger partial charge in [-0.1, -0.05) is 12.1 Å². The van der Waals surface area contributed by atoms with Crippen molar-refractivity contribution in [1.82, 2.24) is 9.97 Å². The number of aromatic nitrogens is 2. The summed E-state index contributed by atoms with van der Waals surface area (Å²) in [5.41, 5.74) is 0.658. The van der Waals surface area contributed by atoms with Gasteiger partial charge in [-0.3, -0.25) is 19.9 Å². The number of rotatable bonds is 5. The van der Waals surface area contributed by atoms with Crippen LogP contribution in [-0.4, -0.2) is 27.5 Å². The standard InChI is InChI=1S/C16H13N3O5/c1-2-23-16(20)13(14-11(19(21)22)7-5-9-17-14)15-18-10-6-3-4-8-12(10)24-15/h3-9,13H,2H2,1H3/t13-/m1/s1. The Kier molecular flexibility index (Phi) is 4.19. The number of fused-ring (bicyclic) bond motifs is 1. The van der Waals surface area contributed by atoms with Crippen LogP contribution in [0.4, 0.5) is 5.69 Å². The number of hydrogen-bond donors (Lipinski definition) is 0. The Morgan fingerprint density at radius 1 is 1.33 bits per heavy atom. The molecule has 2 aromatic heterocycles. The van der Waals surface area contributed by atoms with Crippen LogP contribution in [0.5, 0.6) is 0 Å². The molecule has 1 atom stereocenters. The van der Waals surface area contributed by atoms with Gasteiger partial charge < -0.3 is 9.15 Å². The van der Waals surface area contributed by atoms with Gasteiger partial charge in [0.15, 0.2) is 11.5 Å². The average molecular weight is 327 g/mol. The van der Waals surface area contributed by atoms with Crippen LogP contribution in [0.2, 0.25) is 0 Å². The number of carbonyl (C=O) groups is 1. The van der Waals surface area contributed by atoms with Crippen LogP contribution in [0, 0.1) is 10.1 Å². The molecule has 0 bridgehead atoms. The molecular weight excluding hydrogens is 314 g/mol. The molecule has 3 aromatic rings. The van der Waals surface area contributed by atoms with E-state index in [0.29, 0.717) is 11.1 Å². The molecule has 0 saturated carbocycles. The third kappa shape index (κ3) is 2.81. The molecule has 0 aliphatic rings. The molecule has 24 heavy (non-hydrogen) atoms. The van der Waals surface area contributed by atoms with E-state index >= 15 is 0 Å². The highest BCUT2D eigenvalue weighted by molar-refractivity contribution is 5.83. The van der Waals surface area contributed by atoms with Gasteiger partial charge in [0.2, 0.25) is 5.89 Å². The second-order valence-corrected chi connectivity index (χ2v) is 4.87. The maximum absolute atomic E-state index is 12.4. The van der Waals surface area contributed by atoms with E-state index < -0.39 is 16.8 Å². The number of para-hydroxylation sites is 2. The zero-order valence-electron chi connectivity index (χ0n) is 12.7. The molecule has 0 aliphatic carbocycles. The molecule has 0 fully saturated rings. The summed E-state index contributed by atoms with van der Waals surface area (Å²) in [5, 5.41) is 11.3. The van der Waals surface area contributed by atoms with Gasteiger partial charge in [-0.05, 0) is 25.1 Å². The van der Waals surface area contributed by atoms with Gasteiger partial charge in [0.05, 0.1) is 11.5 Å². The number of benzene rings is 1. The van der Waals surface area contributed by atoms with E-state index in [-0.39, 0.29) is 23.9 Å². The SMILES string of the molecule is CCOC(=O)[C@@H](c1nc2ccccc2o1)c1ncccc1[N+](=O)[O-]. The van der Waals surface area contributed by atoms with Crippen molar-refractivity contribution in [3.8, 4) is 0 Å². The second-order valence-electron chi connectivity index (χ2n) is 4.87. The fraction of sp³-hybridized carbons (Fsp3) is 0.188. The summed E-state index contributed by atoms with van der Waals surface area (Å²) < 4.78 is 10.7. The van der Waals surface area contributed by atoms with E-state index in [1.54, 1.807) is 31.2 Å². The minimum atomic E-state index is -1.21. The molecule has 122 valence electrons. The Balaban J connectivity index is 2.17. The number of nitrogens with zero attached hydrogens (tertiary/aromatic N) is 3. The molecule has 8 nitrogen and oxygen atoms in total. The largest absolute Gasteiger partial charge is 0.465 e. The third-order valence-corrected chi connectivity index (χ3v) is 3.37. The lowest BCUT2D eigenvalue weighted by molar-refractivity contribution is -0.386. The van der Waals surface area contributed by atoms with E-state index in [1.165, 1.54) is 18.3 Å². The van der Waals surface area contributed by atoms with Crippen molar-refractivity contribution in [3.05, 3.63) is 64.3 Å². The Morgan fingerprint density at radius 3 is 2.83 bits per heavy atom. The summed E-state index contributed by atoms with van der Waals surface area (Å²) in [4.78, 5) is 31.4. The maximum atomic E-state index is 12.4. The zero-order chi connectivity index (χ0) is 17.1. The topological polar surface area (TPSA) is 108 Å². The maximum Gasteiger partial charge on any atom is 0.324 e. The average Bonchev–Trinajstić information content (AvgIpc) is 2.99. The van der Waals surface area contributed by atoms with Gasteiger partial charge in [0.1, 0.15) is 11.2 Å². The molecule has 3 rings (SSSR count). The highest BCUT2D eigenvalue weighted by Gasteiger charge is 2.36. The zero-order valence-corrected chi connectivity index (χ0v) is 12.7. The minimum absolute atomic E-state index is 0.0106. The minimum Gasteiger partial charge on any atom is -0.465 e. The molecule has 1 aromatic carbocycles. The lowest BCUT2D eigenvalue weighted by atomic mass is 10.0. The van der Waals surface area contributed by atoms with Crippen molar-refractivity contribution >= 4 is 22.8 Å². The first-order valence-electron chi connectivity index (χ1n) is 7.23. The molecule has 0 amide bonds. The Labute approximate surface area is 136 Å². The van der Waals surface area contributed by atoms with Crippen LogP contribution in [0.25, 0.3) is 11.1 Å². The fourth-order valence-electron chi connectivity index (χ4n) is 2.35. The van der Waals surface area contributed by atoms with Crippen molar-refractivity contribution in [3.63, 3.8) is 0 Å². The van der Waals surface area contributed by atoms with E-state index in [1.807, 2.05) is 0 Å². The monoisotopic (exact) mass is 327 g/mol. The van der Waals surface area contributed by atoms with E-state index in [0.717, 1.165) is 0 Å². The van der Waals surface area contributed by atoms with Gasteiger partial charge in [-0.15, -0.1) is 0 Å². The first kappa shape index (κ1) is 15.6. The number of pyridine rings is 1. The number of carbonyl (C=O) groups excluding carboxylic acids is 1. The lowest BCUT2D eigenvalue weighted by Crippen LogP contribution is -2.20. The Morgan fingerprint density at radius 2 is 2.12 bits per heavy atom. The number of esters is 1. The van der Waals surface area contributed by atoms with E-state index in [4.69, 9.17) is 9.15 Å². The fourth-order valence-corrected chi connectivity index (χ4v) is 2.35. The molecular formula is C16H13N3O5. The van der Waals surface area contributed by atoms with E-state index in [2.05, 4.69) is 9.97 Å². The summed E-state index contributed by atoms with van der Waals surface area (Å²) in [6.07, 6.45) is 1.37. The normalized spacial score (nSPS) is 12.0. The molecule has 2 heterocycles. The van der Waals surface area contributed by atoms with Gasteiger partial charge in [0, 0.05) is 12.3 Å². The van der Waals surface area contributed by atoms with Crippen LogP contribution < -0.4 is 0 Å². The summed E-state index contributed by atoms with van der Waals surface area (Å²) in [6.45, 7) is 1.77. The number of ether oxygens (including phenoxy) is 1. The first-order chi connectivity index (χ1) is 11.6. The van der Waals surface area contributed by atoms with Gasteiger partial charge in [-0.25, -0.2) is 4.98 Å². The van der Waals surface area contributed by atoms with Crippen molar-refractivity contribution in [1.29, 1.82) is 0 Å². The molecule has 0 aliphatic heterocycles. The van der Waals surface area contributed by atoms with Crippen LogP contribution in [0.3, 0.4) is 0 Å². The van der Waals surface area contributed by atoms with Crippen LogP contribution in [0.15, 0.2) is 47.0 Å². The molecule has 0 radical (unpaired) electrons. The molecule has 0 unspecified atom stereocenters. The molecule has 0 N–H and O–H groups in total. The second kappa shape index (κ2) is 6.45. The molecule has 0 saturated heterocycles. The predicted molar refractivity (Wildman–Crippen MR) is 83.4 cm³/mol. The number of oxazole rings is 1. The van der Waals surface area contributed by atoms with Crippen molar-refractivity contribution in [2.75, 3.05) is 6.61 Å². The summed E-state index contributed by atoms with van der Waals surface area (Å²) >= 11 is 0. The number of nitro groups is 1. The summed E-state index contributed by atoms with van der Waals surface area (Å²) in [7, 11) is 0. The van der Waals surface area contributed by atoms with E-state index in [9.17, 15) is 14.9 Å². The quantitative estimate of drug-likeness (QED) is 0.402. The van der Waals surface area contributed by atoms with Gasteiger partial charge in [-0.2, -0.15) is 0 Å². The summed E-state index contributed by atoms with van der Waals surface area (Å²) in [5.74, 6) is -1.90. The highest BCUT2D eigenvalue weighted by atomic mass is 16.6. The van der Waals surface area contributed by atoms with Crippen molar-refractivity contribution in [2.45, 2.75) is 12.8 Å². The smallest absolute Gasteiger partial charge is 0.324 e. The predicted octanol–water partition coefficient (Wildman–Crippen LogP) is 2.83. The van der Waals surface area contributed by atoms with Gasteiger partial charge in [0.25, 0.3) is 5.69 Å². The molecule has 8 heteroatoms. The van der Waals surface area contributed by atoms with Crippen LogP contribution in [-0.2, 0) is 9.53 Å². The Hall–Kier alpha value is -3.29. The van der Waals surface area contributed by atoms with Gasteiger partial charge >= 0.3 is 5.97 Å². The van der Waals surface area contributed by atoms with Crippen molar-refractivity contribution in [2.24, 2.45) is 0 Å². The summed E-state index contributed by atoms with van der Waals surface area (Å²) in [6, 6.07) is 9.66. The molecule has 0 spiro atoms. The van der Waals surface area contributed by atoms with Crippen LogP contribution in [0.1, 0.15) is 24.4 Å². The third-order valence-electron chi connectivity index (χ3n) is 3.37. The van der Waals surface area contributed by atoms with Crippen LogP contribution >= 0.6 is 0 Å². The van der Waals surface area contributed by atoms with Crippen molar-refractivity contribution < 1.29 is 18.9 Å². The Bertz CT molecular complexity index is 872. The number of hydrogen-bond acceptors (Lipinski definition) is 7.